The Bertz CT molecular complexity index is 722. The van der Waals surface area contributed by atoms with E-state index in [-0.39, 0.29) is 24.1 Å². The SMILES string of the molecule is CC(C)c1cc(F)cc(C(C)C)c1CC(=O)CS(=O)(=O)CCC(=O)O. The topological polar surface area (TPSA) is 88.5 Å². The Morgan fingerprint density at radius 3 is 1.96 bits per heavy atom. The molecule has 0 saturated carbocycles. The lowest BCUT2D eigenvalue weighted by Crippen LogP contribution is -2.23. The van der Waals surface area contributed by atoms with Crippen LogP contribution in [0.5, 0.6) is 0 Å². The van der Waals surface area contributed by atoms with Crippen LogP contribution in [0, 0.1) is 5.82 Å². The van der Waals surface area contributed by atoms with E-state index in [2.05, 4.69) is 0 Å². The van der Waals surface area contributed by atoms with Crippen LogP contribution in [0.3, 0.4) is 0 Å². The predicted molar refractivity (Wildman–Crippen MR) is 94.2 cm³/mol. The van der Waals surface area contributed by atoms with Gasteiger partial charge in [0.15, 0.2) is 15.6 Å². The molecule has 1 aromatic carbocycles. The average Bonchev–Trinajstić information content (AvgIpc) is 2.45. The van der Waals surface area contributed by atoms with Gasteiger partial charge in [-0.05, 0) is 40.7 Å². The molecule has 5 nitrogen and oxygen atoms in total. The van der Waals surface area contributed by atoms with Crippen LogP contribution in [0.15, 0.2) is 12.1 Å². The second-order valence-corrected chi connectivity index (χ2v) is 9.01. The highest BCUT2D eigenvalue weighted by atomic mass is 32.2. The maximum Gasteiger partial charge on any atom is 0.304 e. The van der Waals surface area contributed by atoms with Crippen molar-refractivity contribution >= 4 is 21.6 Å². The van der Waals surface area contributed by atoms with E-state index in [9.17, 15) is 22.4 Å². The Morgan fingerprint density at radius 1 is 1.08 bits per heavy atom. The Morgan fingerprint density at radius 2 is 1.56 bits per heavy atom. The summed E-state index contributed by atoms with van der Waals surface area (Å²) in [6.07, 6.45) is -0.631. The van der Waals surface area contributed by atoms with Crippen LogP contribution in [0.4, 0.5) is 4.39 Å². The third-order valence-corrected chi connectivity index (χ3v) is 5.50. The van der Waals surface area contributed by atoms with Crippen LogP contribution in [0.2, 0.25) is 0 Å². The van der Waals surface area contributed by atoms with Gasteiger partial charge in [0, 0.05) is 6.42 Å². The number of carbonyl (C=O) groups is 2. The number of hydrogen-bond acceptors (Lipinski definition) is 4. The lowest BCUT2D eigenvalue weighted by molar-refractivity contribution is -0.136. The summed E-state index contributed by atoms with van der Waals surface area (Å²) in [4.78, 5) is 22.8. The third-order valence-electron chi connectivity index (χ3n) is 3.91. The number of carbonyl (C=O) groups excluding carboxylic acids is 1. The third kappa shape index (κ3) is 6.57. The first-order chi connectivity index (χ1) is 11.4. The van der Waals surface area contributed by atoms with Gasteiger partial charge in [-0.15, -0.1) is 0 Å². The van der Waals surface area contributed by atoms with Crippen LogP contribution in [-0.2, 0) is 25.8 Å². The highest BCUT2D eigenvalue weighted by molar-refractivity contribution is 7.92. The number of rotatable bonds is 9. The van der Waals surface area contributed by atoms with Crippen LogP contribution < -0.4 is 0 Å². The quantitative estimate of drug-likeness (QED) is 0.720. The zero-order valence-corrected chi connectivity index (χ0v) is 15.8. The molecule has 0 atom stereocenters. The van der Waals surface area contributed by atoms with E-state index in [1.165, 1.54) is 12.1 Å². The maximum atomic E-state index is 13.9. The minimum absolute atomic E-state index is 0.0142. The summed E-state index contributed by atoms with van der Waals surface area (Å²) in [5.41, 5.74) is 2.06. The van der Waals surface area contributed by atoms with Crippen molar-refractivity contribution < 1.29 is 27.5 Å². The Labute approximate surface area is 148 Å². The number of halogens is 1. The molecule has 0 aliphatic heterocycles. The molecule has 1 aromatic rings. The number of benzene rings is 1. The molecule has 0 saturated heterocycles. The number of carboxylic acid groups (broad SMARTS) is 1. The lowest BCUT2D eigenvalue weighted by atomic mass is 9.86. The standard InChI is InChI=1S/C18H25FO5S/c1-11(2)15-7-13(19)8-16(12(3)4)17(15)9-14(20)10-25(23,24)6-5-18(21)22/h7-8,11-12H,5-6,9-10H2,1-4H3,(H,21,22). The van der Waals surface area contributed by atoms with E-state index >= 15 is 0 Å². The van der Waals surface area contributed by atoms with E-state index in [0.717, 1.165) is 0 Å². The molecule has 0 aliphatic rings. The van der Waals surface area contributed by atoms with Gasteiger partial charge in [-0.1, -0.05) is 27.7 Å². The first-order valence-electron chi connectivity index (χ1n) is 8.19. The summed E-state index contributed by atoms with van der Waals surface area (Å²) in [5.74, 6) is -3.41. The molecule has 1 N–H and O–H groups in total. The number of hydrogen-bond donors (Lipinski definition) is 1. The number of sulfone groups is 1. The molecule has 0 bridgehead atoms. The summed E-state index contributed by atoms with van der Waals surface area (Å²) in [7, 11) is -3.77. The van der Waals surface area contributed by atoms with Crippen LogP contribution in [-0.4, -0.2) is 36.8 Å². The molecule has 0 unspecified atom stereocenters. The average molecular weight is 372 g/mol. The molecule has 0 aromatic heterocycles. The molecule has 7 heteroatoms. The van der Waals surface area contributed by atoms with Gasteiger partial charge in [0.2, 0.25) is 0 Å². The van der Waals surface area contributed by atoms with Crippen molar-refractivity contribution in [3.8, 4) is 0 Å². The summed E-state index contributed by atoms with van der Waals surface area (Å²) in [6.45, 7) is 7.54. The monoisotopic (exact) mass is 372 g/mol. The minimum atomic E-state index is -3.77. The summed E-state index contributed by atoms with van der Waals surface area (Å²) >= 11 is 0. The van der Waals surface area contributed by atoms with Crippen LogP contribution in [0.1, 0.15) is 62.6 Å². The molecule has 1 rings (SSSR count). The van der Waals surface area contributed by atoms with Gasteiger partial charge in [0.25, 0.3) is 0 Å². The molecular weight excluding hydrogens is 347 g/mol. The number of Topliss-reactive ketones (excluding diaryl/α,β-unsaturated/α-hetero) is 1. The van der Waals surface area contributed by atoms with Gasteiger partial charge in [-0.3, -0.25) is 9.59 Å². The Hall–Kier alpha value is -1.76. The van der Waals surface area contributed by atoms with Crippen molar-refractivity contribution in [3.63, 3.8) is 0 Å². The number of carboxylic acids is 1. The van der Waals surface area contributed by atoms with Crippen molar-refractivity contribution in [2.24, 2.45) is 0 Å². The van der Waals surface area contributed by atoms with Crippen molar-refractivity contribution in [3.05, 3.63) is 34.6 Å². The number of aliphatic carboxylic acids is 1. The second-order valence-electron chi connectivity index (χ2n) is 6.82. The van der Waals surface area contributed by atoms with Crippen molar-refractivity contribution in [2.75, 3.05) is 11.5 Å². The maximum absolute atomic E-state index is 13.9. The van der Waals surface area contributed by atoms with Crippen LogP contribution >= 0.6 is 0 Å². The summed E-state index contributed by atoms with van der Waals surface area (Å²) < 4.78 is 37.6. The summed E-state index contributed by atoms with van der Waals surface area (Å²) in [6, 6.07) is 2.77. The first kappa shape index (κ1) is 21.3. The fraction of sp³-hybridized carbons (Fsp3) is 0.556. The van der Waals surface area contributed by atoms with Gasteiger partial charge in [-0.25, -0.2) is 12.8 Å². The molecular formula is C18H25FO5S. The van der Waals surface area contributed by atoms with Crippen molar-refractivity contribution in [1.82, 2.24) is 0 Å². The van der Waals surface area contributed by atoms with Gasteiger partial charge in [0.05, 0.1) is 12.2 Å². The molecule has 0 heterocycles. The van der Waals surface area contributed by atoms with E-state index < -0.39 is 39.5 Å². The van der Waals surface area contributed by atoms with Crippen molar-refractivity contribution in [1.29, 1.82) is 0 Å². The normalized spacial score (nSPS) is 12.0. The largest absolute Gasteiger partial charge is 0.481 e. The molecule has 25 heavy (non-hydrogen) atoms. The highest BCUT2D eigenvalue weighted by Crippen LogP contribution is 2.29. The van der Waals surface area contributed by atoms with E-state index in [1.54, 1.807) is 0 Å². The zero-order chi connectivity index (χ0) is 19.4. The first-order valence-corrected chi connectivity index (χ1v) is 10.0. The van der Waals surface area contributed by atoms with E-state index in [0.29, 0.717) is 16.7 Å². The molecule has 0 radical (unpaired) electrons. The van der Waals surface area contributed by atoms with Gasteiger partial charge < -0.3 is 5.11 Å². The molecule has 0 fully saturated rings. The predicted octanol–water partition coefficient (Wildman–Crippen LogP) is 3.07. The summed E-state index contributed by atoms with van der Waals surface area (Å²) in [5, 5.41) is 8.58. The fourth-order valence-corrected chi connectivity index (χ4v) is 3.95. The van der Waals surface area contributed by atoms with E-state index in [1.807, 2.05) is 27.7 Å². The molecule has 0 spiro atoms. The van der Waals surface area contributed by atoms with Gasteiger partial charge in [-0.2, -0.15) is 0 Å². The van der Waals surface area contributed by atoms with E-state index in [4.69, 9.17) is 5.11 Å². The molecule has 0 amide bonds. The second kappa shape index (κ2) is 8.56. The number of ketones is 1. The minimum Gasteiger partial charge on any atom is -0.481 e. The lowest BCUT2D eigenvalue weighted by Gasteiger charge is -2.19. The molecule has 0 aliphatic carbocycles. The molecule has 140 valence electrons. The zero-order valence-electron chi connectivity index (χ0n) is 15.0. The van der Waals surface area contributed by atoms with Gasteiger partial charge in [0.1, 0.15) is 11.6 Å². The van der Waals surface area contributed by atoms with Gasteiger partial charge >= 0.3 is 5.97 Å². The van der Waals surface area contributed by atoms with Crippen molar-refractivity contribution in [2.45, 2.75) is 52.4 Å². The van der Waals surface area contributed by atoms with Crippen LogP contribution in [0.25, 0.3) is 0 Å². The Kier molecular flexibility index (Phi) is 7.29. The smallest absolute Gasteiger partial charge is 0.304 e. The fourth-order valence-electron chi connectivity index (χ4n) is 2.72. The highest BCUT2D eigenvalue weighted by Gasteiger charge is 2.22. The Balaban J connectivity index is 3.09.